The number of nitrogens with zero attached hydrogens (tertiary/aromatic N) is 2. The third kappa shape index (κ3) is 2.61. The summed E-state index contributed by atoms with van der Waals surface area (Å²) in [6.45, 7) is 2.41. The number of imide groups is 1. The number of hydrogen-bond acceptors (Lipinski definition) is 4. The second kappa shape index (κ2) is 5.35. The average molecular weight is 268 g/mol. The van der Waals surface area contributed by atoms with Crippen LogP contribution in [-0.4, -0.2) is 34.3 Å². The Balaban J connectivity index is 2.05. The molecule has 0 bridgehead atoms. The minimum atomic E-state index is -0.516. The summed E-state index contributed by atoms with van der Waals surface area (Å²) >= 11 is 5.72. The van der Waals surface area contributed by atoms with Gasteiger partial charge >= 0.3 is 0 Å². The van der Waals surface area contributed by atoms with Crippen LogP contribution in [0.2, 0.25) is 5.02 Å². The second-order valence-electron chi connectivity index (χ2n) is 4.15. The van der Waals surface area contributed by atoms with Crippen LogP contribution in [0, 0.1) is 0 Å². The van der Waals surface area contributed by atoms with Crippen molar-refractivity contribution in [3.63, 3.8) is 0 Å². The van der Waals surface area contributed by atoms with Gasteiger partial charge in [-0.15, -0.1) is 0 Å². The highest BCUT2D eigenvalue weighted by Gasteiger charge is 2.37. The fourth-order valence-electron chi connectivity index (χ4n) is 1.89. The Bertz CT molecular complexity index is 461. The van der Waals surface area contributed by atoms with Crippen molar-refractivity contribution in [2.75, 3.05) is 11.9 Å². The van der Waals surface area contributed by atoms with Gasteiger partial charge in [-0.3, -0.25) is 14.5 Å². The fourth-order valence-corrected chi connectivity index (χ4v) is 2.01. The number of carbonyl (C=O) groups excluding carboxylic acids is 2. The van der Waals surface area contributed by atoms with Crippen molar-refractivity contribution in [1.29, 1.82) is 0 Å². The van der Waals surface area contributed by atoms with E-state index >= 15 is 0 Å². The zero-order valence-electron chi connectivity index (χ0n) is 10.0. The highest BCUT2D eigenvalue weighted by Crippen LogP contribution is 2.18. The summed E-state index contributed by atoms with van der Waals surface area (Å²) in [5.74, 6) is 0.232. The lowest BCUT2D eigenvalue weighted by molar-refractivity contribution is -0.138. The molecule has 1 aromatic heterocycles. The summed E-state index contributed by atoms with van der Waals surface area (Å²) in [7, 11) is 0. The van der Waals surface area contributed by atoms with Gasteiger partial charge in [-0.25, -0.2) is 4.98 Å². The molecule has 1 atom stereocenters. The average Bonchev–Trinajstić information content (AvgIpc) is 2.60. The first-order valence-electron chi connectivity index (χ1n) is 5.84. The van der Waals surface area contributed by atoms with E-state index in [4.69, 9.17) is 11.6 Å². The van der Waals surface area contributed by atoms with Gasteiger partial charge < -0.3 is 5.32 Å². The maximum atomic E-state index is 12.0. The number of rotatable bonds is 4. The number of likely N-dealkylation sites (tertiary alicyclic amines) is 1. The molecule has 2 rings (SSSR count). The SMILES string of the molecule is CCCN1C(=O)CC(Nc2ccc(Cl)cn2)C1=O. The molecule has 1 saturated heterocycles. The van der Waals surface area contributed by atoms with Crippen molar-refractivity contribution in [2.24, 2.45) is 0 Å². The zero-order chi connectivity index (χ0) is 13.1. The smallest absolute Gasteiger partial charge is 0.252 e. The minimum Gasteiger partial charge on any atom is -0.358 e. The molecule has 0 spiro atoms. The van der Waals surface area contributed by atoms with E-state index in [9.17, 15) is 9.59 Å². The molecule has 1 unspecified atom stereocenters. The van der Waals surface area contributed by atoms with Crippen LogP contribution in [0.1, 0.15) is 19.8 Å². The predicted octanol–water partition coefficient (Wildman–Crippen LogP) is 1.68. The number of anilines is 1. The molecular weight excluding hydrogens is 254 g/mol. The van der Waals surface area contributed by atoms with E-state index in [0.29, 0.717) is 17.4 Å². The van der Waals surface area contributed by atoms with Gasteiger partial charge in [0.15, 0.2) is 0 Å². The molecule has 2 amide bonds. The Morgan fingerprint density at radius 3 is 2.89 bits per heavy atom. The van der Waals surface area contributed by atoms with Gasteiger partial charge in [-0.05, 0) is 18.6 Å². The summed E-state index contributed by atoms with van der Waals surface area (Å²) in [5, 5.41) is 3.48. The maximum absolute atomic E-state index is 12.0. The van der Waals surface area contributed by atoms with Crippen molar-refractivity contribution >= 4 is 29.2 Å². The van der Waals surface area contributed by atoms with Gasteiger partial charge in [-0.1, -0.05) is 18.5 Å². The Labute approximate surface area is 110 Å². The number of halogens is 1. The van der Waals surface area contributed by atoms with E-state index in [1.54, 1.807) is 12.1 Å². The molecule has 1 fully saturated rings. The fraction of sp³-hybridized carbons (Fsp3) is 0.417. The number of nitrogens with one attached hydrogen (secondary N) is 1. The summed E-state index contributed by atoms with van der Waals surface area (Å²) in [6.07, 6.45) is 2.45. The van der Waals surface area contributed by atoms with E-state index < -0.39 is 6.04 Å². The molecule has 1 N–H and O–H groups in total. The van der Waals surface area contributed by atoms with E-state index in [1.807, 2.05) is 6.92 Å². The van der Waals surface area contributed by atoms with Gasteiger partial charge in [0.05, 0.1) is 11.4 Å². The standard InChI is InChI=1S/C12H14ClN3O2/c1-2-5-16-11(17)6-9(12(16)18)15-10-4-3-8(13)7-14-10/h3-4,7,9H,2,5-6H2,1H3,(H,14,15). The van der Waals surface area contributed by atoms with Crippen LogP contribution in [0.25, 0.3) is 0 Å². The van der Waals surface area contributed by atoms with Crippen LogP contribution in [-0.2, 0) is 9.59 Å². The van der Waals surface area contributed by atoms with Crippen LogP contribution in [0.5, 0.6) is 0 Å². The normalized spacial score (nSPS) is 19.4. The molecule has 0 saturated carbocycles. The van der Waals surface area contributed by atoms with Crippen LogP contribution in [0.4, 0.5) is 5.82 Å². The number of hydrogen-bond donors (Lipinski definition) is 1. The van der Waals surface area contributed by atoms with E-state index in [2.05, 4.69) is 10.3 Å². The third-order valence-electron chi connectivity index (χ3n) is 2.74. The van der Waals surface area contributed by atoms with Crippen molar-refractivity contribution < 1.29 is 9.59 Å². The Kier molecular flexibility index (Phi) is 3.81. The molecule has 96 valence electrons. The van der Waals surface area contributed by atoms with Gasteiger partial charge in [-0.2, -0.15) is 0 Å². The second-order valence-corrected chi connectivity index (χ2v) is 4.58. The van der Waals surface area contributed by atoms with E-state index in [0.717, 1.165) is 6.42 Å². The third-order valence-corrected chi connectivity index (χ3v) is 2.96. The highest BCUT2D eigenvalue weighted by molar-refractivity contribution is 6.30. The minimum absolute atomic E-state index is 0.131. The molecule has 0 aliphatic carbocycles. The topological polar surface area (TPSA) is 62.3 Å². The summed E-state index contributed by atoms with van der Waals surface area (Å²) in [5.41, 5.74) is 0. The zero-order valence-corrected chi connectivity index (χ0v) is 10.8. The van der Waals surface area contributed by atoms with Gasteiger partial charge in [0.1, 0.15) is 11.9 Å². The van der Waals surface area contributed by atoms with Gasteiger partial charge in [0, 0.05) is 12.7 Å². The summed E-state index contributed by atoms with van der Waals surface area (Å²) in [6, 6.07) is 2.85. The number of pyridine rings is 1. The molecule has 18 heavy (non-hydrogen) atoms. The lowest BCUT2D eigenvalue weighted by Gasteiger charge is -2.14. The predicted molar refractivity (Wildman–Crippen MR) is 68.3 cm³/mol. The van der Waals surface area contributed by atoms with Crippen molar-refractivity contribution in [3.8, 4) is 0 Å². The summed E-state index contributed by atoms with van der Waals surface area (Å²) in [4.78, 5) is 29.0. The lowest BCUT2D eigenvalue weighted by Crippen LogP contribution is -2.35. The quantitative estimate of drug-likeness (QED) is 0.843. The van der Waals surface area contributed by atoms with Crippen molar-refractivity contribution in [3.05, 3.63) is 23.4 Å². The van der Waals surface area contributed by atoms with E-state index in [1.165, 1.54) is 11.1 Å². The van der Waals surface area contributed by atoms with Gasteiger partial charge in [0.25, 0.3) is 5.91 Å². The highest BCUT2D eigenvalue weighted by atomic mass is 35.5. The molecule has 1 aromatic rings. The maximum Gasteiger partial charge on any atom is 0.252 e. The van der Waals surface area contributed by atoms with Crippen LogP contribution < -0.4 is 5.32 Å². The van der Waals surface area contributed by atoms with Crippen molar-refractivity contribution in [1.82, 2.24) is 9.88 Å². The molecule has 1 aliphatic rings. The van der Waals surface area contributed by atoms with Gasteiger partial charge in [0.2, 0.25) is 5.91 Å². The molecule has 0 radical (unpaired) electrons. The van der Waals surface area contributed by atoms with Crippen LogP contribution in [0.3, 0.4) is 0 Å². The Hall–Kier alpha value is -1.62. The molecular formula is C12H14ClN3O2. The first-order valence-corrected chi connectivity index (χ1v) is 6.22. The monoisotopic (exact) mass is 267 g/mol. The molecule has 6 heteroatoms. The number of carbonyl (C=O) groups is 2. The Morgan fingerprint density at radius 1 is 1.50 bits per heavy atom. The lowest BCUT2D eigenvalue weighted by atomic mass is 10.2. The molecule has 0 aromatic carbocycles. The Morgan fingerprint density at radius 2 is 2.28 bits per heavy atom. The van der Waals surface area contributed by atoms with Crippen LogP contribution in [0.15, 0.2) is 18.3 Å². The number of amides is 2. The molecule has 2 heterocycles. The van der Waals surface area contributed by atoms with Crippen molar-refractivity contribution in [2.45, 2.75) is 25.8 Å². The first kappa shape index (κ1) is 12.8. The number of aromatic nitrogens is 1. The molecule has 5 nitrogen and oxygen atoms in total. The first-order chi connectivity index (χ1) is 8.61. The molecule has 1 aliphatic heterocycles. The van der Waals surface area contributed by atoms with E-state index in [-0.39, 0.29) is 18.2 Å². The largest absolute Gasteiger partial charge is 0.358 e. The summed E-state index contributed by atoms with van der Waals surface area (Å²) < 4.78 is 0. The van der Waals surface area contributed by atoms with Crippen LogP contribution >= 0.6 is 11.6 Å².